The van der Waals surface area contributed by atoms with Crippen LogP contribution in [-0.4, -0.2) is 34.9 Å². The van der Waals surface area contributed by atoms with Crippen molar-refractivity contribution in [1.82, 2.24) is 5.43 Å². The molecular formula is C15H22N5O2+. The zero-order chi connectivity index (χ0) is 16.2. The molecule has 0 amide bonds. The van der Waals surface area contributed by atoms with Gasteiger partial charge in [-0.3, -0.25) is 0 Å². The van der Waals surface area contributed by atoms with E-state index in [0.29, 0.717) is 17.1 Å². The number of hydrogen-bond donors (Lipinski definition) is 2. The highest BCUT2D eigenvalue weighted by atomic mass is 16.7. The van der Waals surface area contributed by atoms with Crippen LogP contribution in [0.25, 0.3) is 0 Å². The summed E-state index contributed by atoms with van der Waals surface area (Å²) in [7, 11) is 0. The lowest BCUT2D eigenvalue weighted by Gasteiger charge is -2.17. The highest BCUT2D eigenvalue weighted by Crippen LogP contribution is 2.22. The standard InChI is InChI=1S/C15H22N5O2/c1-15(2,3)17-20(21)18-22-14-7-8-19(11-14)13-6-4-5-12(9-13)10-16/h4-6,9,14H,7-8,11H2,1-3H3,(H2,17,18,21)/q+1/t14-/m1/s1. The molecule has 1 fully saturated rings. The van der Waals surface area contributed by atoms with E-state index in [-0.39, 0.29) is 11.6 Å². The van der Waals surface area contributed by atoms with Gasteiger partial charge in [-0.05, 0) is 39.0 Å². The summed E-state index contributed by atoms with van der Waals surface area (Å²) >= 11 is 0. The number of hydrazine groups is 1. The molecule has 0 aromatic heterocycles. The molecule has 0 radical (unpaired) electrons. The van der Waals surface area contributed by atoms with E-state index in [1.54, 1.807) is 6.07 Å². The Hall–Kier alpha value is -2.49. The maximum absolute atomic E-state index is 9.58. The molecule has 0 aliphatic carbocycles. The summed E-state index contributed by atoms with van der Waals surface area (Å²) in [5.41, 5.74) is 4.08. The molecule has 0 saturated carbocycles. The summed E-state index contributed by atoms with van der Waals surface area (Å²) < 4.78 is 0. The molecular weight excluding hydrogens is 282 g/mol. The molecule has 2 rings (SSSR count). The molecule has 22 heavy (non-hydrogen) atoms. The maximum Gasteiger partial charge on any atom is 0.274 e. The van der Waals surface area contributed by atoms with Crippen LogP contribution in [-0.2, 0) is 4.84 Å². The van der Waals surface area contributed by atoms with E-state index in [1.165, 1.54) is 0 Å². The van der Waals surface area contributed by atoms with E-state index in [9.17, 15) is 5.21 Å². The van der Waals surface area contributed by atoms with Crippen molar-refractivity contribution in [3.05, 3.63) is 29.8 Å². The first-order chi connectivity index (χ1) is 10.4. The predicted molar refractivity (Wildman–Crippen MR) is 80.2 cm³/mol. The molecule has 1 aliphatic rings. The third kappa shape index (κ3) is 4.52. The van der Waals surface area contributed by atoms with Gasteiger partial charge in [0.15, 0.2) is 6.10 Å². The summed E-state index contributed by atoms with van der Waals surface area (Å²) in [5, 5.41) is 22.2. The van der Waals surface area contributed by atoms with Crippen LogP contribution in [0.4, 0.5) is 5.69 Å². The van der Waals surface area contributed by atoms with Crippen molar-refractivity contribution in [2.24, 2.45) is 5.28 Å². The second-order valence-electron chi connectivity index (χ2n) is 6.36. The predicted octanol–water partition coefficient (Wildman–Crippen LogP) is 2.23. The third-order valence-electron chi connectivity index (χ3n) is 3.19. The topological polar surface area (TPSA) is 83.9 Å². The average molecular weight is 304 g/mol. The SMILES string of the molecule is CC(C)(C)N/[N+](O)=N/O[C@@H]1CCN(c2cccc(C#N)c2)C1. The van der Waals surface area contributed by atoms with Crippen molar-refractivity contribution in [1.29, 1.82) is 5.26 Å². The first-order valence-corrected chi connectivity index (χ1v) is 7.26. The Morgan fingerprint density at radius 2 is 2.27 bits per heavy atom. The fourth-order valence-corrected chi connectivity index (χ4v) is 2.25. The Bertz CT molecular complexity index is 588. The third-order valence-corrected chi connectivity index (χ3v) is 3.19. The first kappa shape index (κ1) is 15.9. The molecule has 1 heterocycles. The summed E-state index contributed by atoms with van der Waals surface area (Å²) in [5.74, 6) is 0. The Balaban J connectivity index is 1.90. The molecule has 1 atom stereocenters. The van der Waals surface area contributed by atoms with Gasteiger partial charge in [0, 0.05) is 18.7 Å². The van der Waals surface area contributed by atoms with E-state index in [0.717, 1.165) is 18.7 Å². The fraction of sp³-hybridized carbons (Fsp3) is 0.533. The summed E-state index contributed by atoms with van der Waals surface area (Å²) in [6.45, 7) is 7.22. The highest BCUT2D eigenvalue weighted by molar-refractivity contribution is 5.52. The fourth-order valence-electron chi connectivity index (χ4n) is 2.25. The molecule has 1 aromatic carbocycles. The van der Waals surface area contributed by atoms with Crippen LogP contribution in [0, 0.1) is 11.3 Å². The van der Waals surface area contributed by atoms with Gasteiger partial charge in [0.2, 0.25) is 0 Å². The lowest BCUT2D eigenvalue weighted by Crippen LogP contribution is -2.41. The van der Waals surface area contributed by atoms with Gasteiger partial charge < -0.3 is 9.74 Å². The molecule has 2 N–H and O–H groups in total. The van der Waals surface area contributed by atoms with Gasteiger partial charge in [-0.25, -0.2) is 5.21 Å². The highest BCUT2D eigenvalue weighted by Gasteiger charge is 2.26. The van der Waals surface area contributed by atoms with Crippen LogP contribution in [0.3, 0.4) is 0 Å². The van der Waals surface area contributed by atoms with Crippen molar-refractivity contribution in [3.8, 4) is 6.07 Å². The quantitative estimate of drug-likeness (QED) is 0.506. The summed E-state index contributed by atoms with van der Waals surface area (Å²) in [6, 6.07) is 9.62. The Morgan fingerprint density at radius 1 is 1.50 bits per heavy atom. The molecule has 1 saturated heterocycles. The monoisotopic (exact) mass is 304 g/mol. The van der Waals surface area contributed by atoms with E-state index in [4.69, 9.17) is 10.1 Å². The van der Waals surface area contributed by atoms with Gasteiger partial charge in [-0.1, -0.05) is 6.07 Å². The number of nitrogens with zero attached hydrogens (tertiary/aromatic N) is 4. The van der Waals surface area contributed by atoms with Crippen LogP contribution in [0.1, 0.15) is 32.8 Å². The Morgan fingerprint density at radius 3 is 2.95 bits per heavy atom. The van der Waals surface area contributed by atoms with Crippen LogP contribution >= 0.6 is 0 Å². The van der Waals surface area contributed by atoms with Gasteiger partial charge >= 0.3 is 0 Å². The normalized spacial score (nSPS) is 18.9. The number of benzene rings is 1. The minimum atomic E-state index is -0.305. The second-order valence-corrected chi connectivity index (χ2v) is 6.36. The maximum atomic E-state index is 9.58. The first-order valence-electron chi connectivity index (χ1n) is 7.26. The molecule has 7 heteroatoms. The van der Waals surface area contributed by atoms with E-state index < -0.39 is 0 Å². The number of anilines is 1. The molecule has 7 nitrogen and oxygen atoms in total. The lowest BCUT2D eigenvalue weighted by molar-refractivity contribution is -0.882. The van der Waals surface area contributed by atoms with Gasteiger partial charge in [-0.15, -0.1) is 5.43 Å². The van der Waals surface area contributed by atoms with Gasteiger partial charge in [0.05, 0.1) is 23.7 Å². The minimum Gasteiger partial charge on any atom is -0.368 e. The Labute approximate surface area is 130 Å². The smallest absolute Gasteiger partial charge is 0.274 e. The largest absolute Gasteiger partial charge is 0.368 e. The minimum absolute atomic E-state index is 0.0952. The molecule has 0 bridgehead atoms. The van der Waals surface area contributed by atoms with Gasteiger partial charge in [-0.2, -0.15) is 5.26 Å². The number of rotatable bonds is 4. The van der Waals surface area contributed by atoms with Crippen molar-refractivity contribution >= 4 is 5.69 Å². The van der Waals surface area contributed by atoms with Crippen LogP contribution in [0.2, 0.25) is 0 Å². The summed E-state index contributed by atoms with van der Waals surface area (Å²) in [6.07, 6.45) is 0.714. The van der Waals surface area contributed by atoms with Crippen LogP contribution in [0.5, 0.6) is 0 Å². The molecule has 0 unspecified atom stereocenters. The van der Waals surface area contributed by atoms with E-state index >= 15 is 0 Å². The van der Waals surface area contributed by atoms with Gasteiger partial charge in [0.25, 0.3) is 10.2 Å². The van der Waals surface area contributed by atoms with E-state index in [2.05, 4.69) is 21.7 Å². The molecule has 118 valence electrons. The average Bonchev–Trinajstić information content (AvgIpc) is 2.92. The molecule has 1 aliphatic heterocycles. The number of nitriles is 1. The molecule has 0 spiro atoms. The number of hydrogen-bond acceptors (Lipinski definition) is 4. The van der Waals surface area contributed by atoms with Crippen molar-refractivity contribution in [3.63, 3.8) is 0 Å². The van der Waals surface area contributed by atoms with Crippen molar-refractivity contribution in [2.45, 2.75) is 38.8 Å². The van der Waals surface area contributed by atoms with E-state index in [1.807, 2.05) is 39.0 Å². The zero-order valence-electron chi connectivity index (χ0n) is 13.2. The van der Waals surface area contributed by atoms with Crippen molar-refractivity contribution < 1.29 is 15.0 Å². The Kier molecular flexibility index (Phi) is 4.71. The molecule has 1 aromatic rings. The summed E-state index contributed by atoms with van der Waals surface area (Å²) in [4.78, 5) is 8.10. The number of nitrogens with one attached hydrogen (secondary N) is 1. The van der Waals surface area contributed by atoms with Crippen LogP contribution in [0.15, 0.2) is 29.5 Å². The van der Waals surface area contributed by atoms with Gasteiger partial charge in [0.1, 0.15) is 0 Å². The lowest BCUT2D eigenvalue weighted by atomic mass is 10.1. The van der Waals surface area contributed by atoms with Crippen LogP contribution < -0.4 is 10.3 Å². The second kappa shape index (κ2) is 6.52. The van der Waals surface area contributed by atoms with Crippen molar-refractivity contribution in [2.75, 3.05) is 18.0 Å². The zero-order valence-corrected chi connectivity index (χ0v) is 13.2.